The molecule has 1 N–H and O–H groups in total. The molecule has 140 valence electrons. The fourth-order valence-corrected chi connectivity index (χ4v) is 5.24. The van der Waals surface area contributed by atoms with Crippen LogP contribution < -0.4 is 5.32 Å². The van der Waals surface area contributed by atoms with Gasteiger partial charge in [0.1, 0.15) is 0 Å². The summed E-state index contributed by atoms with van der Waals surface area (Å²) in [5.74, 6) is 0.0218. The summed E-state index contributed by atoms with van der Waals surface area (Å²) in [7, 11) is 0. The van der Waals surface area contributed by atoms with E-state index in [0.29, 0.717) is 17.7 Å². The SMILES string of the molecule is Cc1cccc(Cc2cnc(NC(=O)CN3CCCC3c3ccsc3)s2)c1. The Hall–Kier alpha value is -2.02. The Morgan fingerprint density at radius 1 is 1.37 bits per heavy atom. The zero-order valence-corrected chi connectivity index (χ0v) is 17.0. The van der Waals surface area contributed by atoms with E-state index in [-0.39, 0.29) is 5.91 Å². The lowest BCUT2D eigenvalue weighted by molar-refractivity contribution is -0.117. The van der Waals surface area contributed by atoms with Gasteiger partial charge in [0.05, 0.1) is 6.54 Å². The third kappa shape index (κ3) is 4.64. The number of hydrogen-bond donors (Lipinski definition) is 1. The second kappa shape index (κ2) is 8.33. The number of carbonyl (C=O) groups excluding carboxylic acids is 1. The molecule has 1 aliphatic heterocycles. The van der Waals surface area contributed by atoms with Gasteiger partial charge in [0.25, 0.3) is 0 Å². The maximum absolute atomic E-state index is 12.5. The summed E-state index contributed by atoms with van der Waals surface area (Å²) in [4.78, 5) is 20.3. The highest BCUT2D eigenvalue weighted by atomic mass is 32.1. The minimum absolute atomic E-state index is 0.0218. The number of aromatic nitrogens is 1. The van der Waals surface area contributed by atoms with Crippen molar-refractivity contribution < 1.29 is 4.79 Å². The van der Waals surface area contributed by atoms with Crippen LogP contribution in [0.15, 0.2) is 47.3 Å². The molecular weight excluding hydrogens is 374 g/mol. The van der Waals surface area contributed by atoms with Gasteiger partial charge in [-0.25, -0.2) is 4.98 Å². The van der Waals surface area contributed by atoms with Gasteiger partial charge in [0.15, 0.2) is 5.13 Å². The standard InChI is InChI=1S/C21H23N3OS2/c1-15-4-2-5-16(10-15)11-18-12-22-21(27-18)23-20(25)13-24-8-3-6-19(24)17-7-9-26-14-17/h2,4-5,7,9-10,12,14,19H,3,6,8,11,13H2,1H3,(H,22,23,25). The highest BCUT2D eigenvalue weighted by Crippen LogP contribution is 2.32. The molecule has 0 bridgehead atoms. The number of likely N-dealkylation sites (tertiary alicyclic amines) is 1. The first-order valence-corrected chi connectivity index (χ1v) is 11.0. The Morgan fingerprint density at radius 3 is 3.11 bits per heavy atom. The fourth-order valence-electron chi connectivity index (χ4n) is 3.67. The minimum atomic E-state index is 0.0218. The third-order valence-electron chi connectivity index (χ3n) is 4.90. The number of hydrogen-bond acceptors (Lipinski definition) is 5. The highest BCUT2D eigenvalue weighted by molar-refractivity contribution is 7.15. The van der Waals surface area contributed by atoms with Gasteiger partial charge >= 0.3 is 0 Å². The molecule has 4 nitrogen and oxygen atoms in total. The molecule has 6 heteroatoms. The van der Waals surface area contributed by atoms with Crippen molar-refractivity contribution in [2.24, 2.45) is 0 Å². The highest BCUT2D eigenvalue weighted by Gasteiger charge is 2.27. The van der Waals surface area contributed by atoms with Crippen molar-refractivity contribution in [1.29, 1.82) is 0 Å². The average molecular weight is 398 g/mol. The molecule has 0 saturated carbocycles. The summed E-state index contributed by atoms with van der Waals surface area (Å²) in [6.07, 6.45) is 4.99. The molecule has 1 aliphatic rings. The Labute approximate surface area is 167 Å². The lowest BCUT2D eigenvalue weighted by atomic mass is 10.1. The summed E-state index contributed by atoms with van der Waals surface area (Å²) < 4.78 is 0. The minimum Gasteiger partial charge on any atom is -0.301 e. The number of amides is 1. The van der Waals surface area contributed by atoms with Crippen LogP contribution in [0.4, 0.5) is 5.13 Å². The van der Waals surface area contributed by atoms with Crippen LogP contribution in [0.5, 0.6) is 0 Å². The fraction of sp³-hybridized carbons (Fsp3) is 0.333. The smallest absolute Gasteiger partial charge is 0.240 e. The first kappa shape index (κ1) is 18.3. The number of aryl methyl sites for hydroxylation is 1. The molecule has 4 rings (SSSR count). The van der Waals surface area contributed by atoms with Gasteiger partial charge < -0.3 is 5.32 Å². The normalized spacial score (nSPS) is 17.3. The first-order valence-electron chi connectivity index (χ1n) is 9.23. The van der Waals surface area contributed by atoms with E-state index in [1.807, 2.05) is 6.20 Å². The van der Waals surface area contributed by atoms with Crippen molar-refractivity contribution >= 4 is 33.7 Å². The summed E-state index contributed by atoms with van der Waals surface area (Å²) in [6.45, 7) is 3.50. The molecular formula is C21H23N3OS2. The molecule has 2 aromatic heterocycles. The van der Waals surface area contributed by atoms with Gasteiger partial charge in [-0.3, -0.25) is 9.69 Å². The predicted molar refractivity (Wildman–Crippen MR) is 113 cm³/mol. The second-order valence-corrected chi connectivity index (χ2v) is 8.93. The molecule has 1 atom stereocenters. The second-order valence-electron chi connectivity index (χ2n) is 7.03. The lowest BCUT2D eigenvalue weighted by Gasteiger charge is -2.22. The van der Waals surface area contributed by atoms with E-state index in [1.54, 1.807) is 22.7 Å². The van der Waals surface area contributed by atoms with Gasteiger partial charge in [0, 0.05) is 23.5 Å². The quantitative estimate of drug-likeness (QED) is 0.645. The molecule has 3 aromatic rings. The van der Waals surface area contributed by atoms with Crippen molar-refractivity contribution in [3.8, 4) is 0 Å². The number of benzene rings is 1. The molecule has 1 aromatic carbocycles. The van der Waals surface area contributed by atoms with Gasteiger partial charge in [-0.15, -0.1) is 11.3 Å². The summed E-state index contributed by atoms with van der Waals surface area (Å²) in [6, 6.07) is 11.0. The molecule has 27 heavy (non-hydrogen) atoms. The zero-order chi connectivity index (χ0) is 18.6. The van der Waals surface area contributed by atoms with Crippen LogP contribution in [0.3, 0.4) is 0 Å². The van der Waals surface area contributed by atoms with Crippen LogP contribution in [0.2, 0.25) is 0 Å². The van der Waals surface area contributed by atoms with Crippen LogP contribution in [-0.2, 0) is 11.2 Å². The Morgan fingerprint density at radius 2 is 2.30 bits per heavy atom. The van der Waals surface area contributed by atoms with E-state index in [4.69, 9.17) is 0 Å². The summed E-state index contributed by atoms with van der Waals surface area (Å²) in [5, 5.41) is 7.97. The predicted octanol–water partition coefficient (Wildman–Crippen LogP) is 4.88. The molecule has 0 radical (unpaired) electrons. The number of rotatable bonds is 6. The Balaban J connectivity index is 1.34. The number of thiazole rings is 1. The van der Waals surface area contributed by atoms with Crippen molar-refractivity contribution in [2.75, 3.05) is 18.4 Å². The summed E-state index contributed by atoms with van der Waals surface area (Å²) in [5.41, 5.74) is 3.86. The van der Waals surface area contributed by atoms with Crippen LogP contribution in [0.25, 0.3) is 0 Å². The maximum atomic E-state index is 12.5. The van der Waals surface area contributed by atoms with Gasteiger partial charge in [-0.1, -0.05) is 29.8 Å². The lowest BCUT2D eigenvalue weighted by Crippen LogP contribution is -2.32. The van der Waals surface area contributed by atoms with Crippen LogP contribution in [0, 0.1) is 6.92 Å². The van der Waals surface area contributed by atoms with Gasteiger partial charge in [-0.2, -0.15) is 11.3 Å². The molecule has 1 amide bonds. The number of carbonyl (C=O) groups is 1. The van der Waals surface area contributed by atoms with Crippen molar-refractivity contribution in [1.82, 2.24) is 9.88 Å². The Kier molecular flexibility index (Phi) is 5.66. The average Bonchev–Trinajstić information content (AvgIpc) is 3.37. The van der Waals surface area contributed by atoms with Gasteiger partial charge in [-0.05, 0) is 54.3 Å². The van der Waals surface area contributed by atoms with Crippen LogP contribution in [-0.4, -0.2) is 28.9 Å². The molecule has 0 spiro atoms. The van der Waals surface area contributed by atoms with E-state index >= 15 is 0 Å². The topological polar surface area (TPSA) is 45.2 Å². The van der Waals surface area contributed by atoms with Crippen LogP contribution >= 0.6 is 22.7 Å². The van der Waals surface area contributed by atoms with E-state index in [2.05, 4.69) is 63.2 Å². The molecule has 1 fully saturated rings. The van der Waals surface area contributed by atoms with E-state index in [1.165, 1.54) is 16.7 Å². The van der Waals surface area contributed by atoms with Crippen molar-refractivity contribution in [2.45, 2.75) is 32.2 Å². The van der Waals surface area contributed by atoms with E-state index in [9.17, 15) is 4.79 Å². The van der Waals surface area contributed by atoms with Gasteiger partial charge in [0.2, 0.25) is 5.91 Å². The third-order valence-corrected chi connectivity index (χ3v) is 6.51. The largest absolute Gasteiger partial charge is 0.301 e. The number of nitrogens with zero attached hydrogens (tertiary/aromatic N) is 2. The van der Waals surface area contributed by atoms with E-state index < -0.39 is 0 Å². The number of thiophene rings is 1. The van der Waals surface area contributed by atoms with Crippen molar-refractivity contribution in [3.05, 3.63) is 68.9 Å². The first-order chi connectivity index (χ1) is 13.2. The number of nitrogens with one attached hydrogen (secondary N) is 1. The molecule has 0 aliphatic carbocycles. The zero-order valence-electron chi connectivity index (χ0n) is 15.4. The molecule has 3 heterocycles. The van der Waals surface area contributed by atoms with Crippen molar-refractivity contribution in [3.63, 3.8) is 0 Å². The maximum Gasteiger partial charge on any atom is 0.240 e. The Bertz CT molecular complexity index is 904. The molecule has 1 saturated heterocycles. The monoisotopic (exact) mass is 397 g/mol. The number of anilines is 1. The molecule has 1 unspecified atom stereocenters. The van der Waals surface area contributed by atoms with E-state index in [0.717, 1.165) is 30.7 Å². The summed E-state index contributed by atoms with van der Waals surface area (Å²) >= 11 is 3.28. The van der Waals surface area contributed by atoms with Crippen LogP contribution in [0.1, 0.15) is 40.5 Å².